The van der Waals surface area contributed by atoms with Gasteiger partial charge in [-0.25, -0.2) is 9.37 Å². The second-order valence-corrected chi connectivity index (χ2v) is 9.05. The number of benzene rings is 2. The van der Waals surface area contributed by atoms with Crippen molar-refractivity contribution in [1.29, 1.82) is 0 Å². The fourth-order valence-electron chi connectivity index (χ4n) is 4.89. The van der Waals surface area contributed by atoms with Crippen LogP contribution in [-0.2, 0) is 11.3 Å². The fraction of sp³-hybridized carbons (Fsp3) is 0.407. The van der Waals surface area contributed by atoms with Gasteiger partial charge in [-0.3, -0.25) is 4.79 Å². The molecule has 6 nitrogen and oxygen atoms in total. The van der Waals surface area contributed by atoms with Crippen molar-refractivity contribution in [3.05, 3.63) is 65.5 Å². The molecule has 1 unspecified atom stereocenters. The number of halogens is 1. The molecular formula is C27H30FN3O3. The number of nitrogens with zero attached hydrogens (tertiary/aromatic N) is 3. The van der Waals surface area contributed by atoms with Gasteiger partial charge < -0.3 is 19.3 Å². The molecule has 1 amide bonds. The molecule has 2 aliphatic rings. The van der Waals surface area contributed by atoms with Gasteiger partial charge in [-0.2, -0.15) is 0 Å². The van der Waals surface area contributed by atoms with Gasteiger partial charge in [0.1, 0.15) is 17.4 Å². The molecule has 0 saturated carbocycles. The van der Waals surface area contributed by atoms with Gasteiger partial charge in [0.2, 0.25) is 0 Å². The highest BCUT2D eigenvalue weighted by Gasteiger charge is 2.26. The zero-order chi connectivity index (χ0) is 23.5. The Morgan fingerprint density at radius 1 is 1.18 bits per heavy atom. The van der Waals surface area contributed by atoms with Crippen LogP contribution in [0.3, 0.4) is 0 Å². The first kappa shape index (κ1) is 22.6. The largest absolute Gasteiger partial charge is 0.497 e. The van der Waals surface area contributed by atoms with E-state index in [1.54, 1.807) is 24.1 Å². The number of carbonyl (C=O) groups excluding carboxylic acids is 1. The van der Waals surface area contributed by atoms with E-state index < -0.39 is 5.82 Å². The van der Waals surface area contributed by atoms with Gasteiger partial charge in [-0.05, 0) is 62.1 Å². The van der Waals surface area contributed by atoms with Crippen LogP contribution in [0.1, 0.15) is 41.6 Å². The summed E-state index contributed by atoms with van der Waals surface area (Å²) in [6.07, 6.45) is 4.15. The minimum atomic E-state index is -0.415. The molecule has 7 heteroatoms. The molecule has 2 aliphatic heterocycles. The van der Waals surface area contributed by atoms with E-state index in [-0.39, 0.29) is 12.0 Å². The average Bonchev–Trinajstić information content (AvgIpc) is 3.57. The maximum absolute atomic E-state index is 13.9. The number of fused-ring (bicyclic) bond motifs is 1. The lowest BCUT2D eigenvalue weighted by Gasteiger charge is -2.28. The number of methoxy groups -OCH3 is 1. The Morgan fingerprint density at radius 3 is 2.76 bits per heavy atom. The highest BCUT2D eigenvalue weighted by molar-refractivity contribution is 5.94. The Bertz CT molecular complexity index is 1170. The number of anilines is 1. The van der Waals surface area contributed by atoms with E-state index in [0.29, 0.717) is 25.3 Å². The predicted octanol–water partition coefficient (Wildman–Crippen LogP) is 4.80. The summed E-state index contributed by atoms with van der Waals surface area (Å²) in [5, 5.41) is 0.994. The number of aromatic nitrogens is 1. The number of rotatable bonds is 7. The number of hydrogen-bond acceptors (Lipinski definition) is 5. The number of amides is 1. The number of pyridine rings is 1. The molecule has 3 heterocycles. The van der Waals surface area contributed by atoms with Crippen molar-refractivity contribution >= 4 is 22.6 Å². The molecule has 1 aromatic heterocycles. The van der Waals surface area contributed by atoms with Crippen molar-refractivity contribution in [2.24, 2.45) is 0 Å². The summed E-state index contributed by atoms with van der Waals surface area (Å²) in [5.74, 6) is 1.06. The van der Waals surface area contributed by atoms with Gasteiger partial charge in [0.25, 0.3) is 5.91 Å². The topological polar surface area (TPSA) is 54.9 Å². The third-order valence-corrected chi connectivity index (χ3v) is 6.65. The average molecular weight is 464 g/mol. The van der Waals surface area contributed by atoms with Crippen molar-refractivity contribution in [2.45, 2.75) is 38.3 Å². The first-order chi connectivity index (χ1) is 16.6. The zero-order valence-electron chi connectivity index (χ0n) is 19.5. The molecule has 2 aromatic carbocycles. The molecule has 2 fully saturated rings. The molecule has 5 rings (SSSR count). The van der Waals surface area contributed by atoms with Crippen LogP contribution >= 0.6 is 0 Å². The molecule has 0 bridgehead atoms. The maximum Gasteiger partial charge on any atom is 0.254 e. The standard InChI is InChI=1S/C27H30FN3O3/c1-33-23-10-9-19-14-21(26(29-25(19)16-23)30-11-2-3-12-30)17-31(18-24-8-5-13-34-24)27(32)20-6-4-7-22(28)15-20/h4,6-7,9-10,14-16,24H,2-3,5,8,11-13,17-18H2,1H3. The molecule has 0 N–H and O–H groups in total. The lowest BCUT2D eigenvalue weighted by Crippen LogP contribution is -2.37. The van der Waals surface area contributed by atoms with Gasteiger partial charge in [0, 0.05) is 55.4 Å². The summed E-state index contributed by atoms with van der Waals surface area (Å²) in [4.78, 5) is 22.6. The predicted molar refractivity (Wildman–Crippen MR) is 130 cm³/mol. The smallest absolute Gasteiger partial charge is 0.254 e. The molecule has 0 radical (unpaired) electrons. The van der Waals surface area contributed by atoms with Crippen molar-refractivity contribution < 1.29 is 18.7 Å². The molecule has 1 atom stereocenters. The minimum absolute atomic E-state index is 0.00887. The summed E-state index contributed by atoms with van der Waals surface area (Å²) in [7, 11) is 1.65. The summed E-state index contributed by atoms with van der Waals surface area (Å²) in [6.45, 7) is 3.45. The number of ether oxygens (including phenoxy) is 2. The van der Waals surface area contributed by atoms with Crippen LogP contribution in [-0.4, -0.2) is 55.2 Å². The van der Waals surface area contributed by atoms with Crippen LogP contribution in [0, 0.1) is 5.82 Å². The van der Waals surface area contributed by atoms with Crippen LogP contribution in [0.5, 0.6) is 5.75 Å². The maximum atomic E-state index is 13.9. The summed E-state index contributed by atoms with van der Waals surface area (Å²) < 4.78 is 25.1. The quantitative estimate of drug-likeness (QED) is 0.504. The lowest BCUT2D eigenvalue weighted by molar-refractivity contribution is 0.0507. The normalized spacial score (nSPS) is 17.9. The van der Waals surface area contributed by atoms with Crippen LogP contribution in [0.4, 0.5) is 10.2 Å². The Balaban J connectivity index is 1.53. The second kappa shape index (κ2) is 9.97. The Labute approximate surface area is 199 Å². The van der Waals surface area contributed by atoms with Crippen molar-refractivity contribution in [1.82, 2.24) is 9.88 Å². The summed E-state index contributed by atoms with van der Waals surface area (Å²) >= 11 is 0. The molecule has 0 spiro atoms. The highest BCUT2D eigenvalue weighted by Crippen LogP contribution is 2.30. The number of carbonyl (C=O) groups is 1. The van der Waals surface area contributed by atoms with Gasteiger partial charge >= 0.3 is 0 Å². The Hall–Kier alpha value is -3.19. The number of hydrogen-bond donors (Lipinski definition) is 0. The van der Waals surface area contributed by atoms with Crippen LogP contribution in [0.25, 0.3) is 10.9 Å². The van der Waals surface area contributed by atoms with Gasteiger partial charge in [0.05, 0.1) is 18.7 Å². The SMILES string of the molecule is COc1ccc2cc(CN(CC3CCCO3)C(=O)c3cccc(F)c3)c(N3CCCC3)nc2c1. The van der Waals surface area contributed by atoms with Gasteiger partial charge in [-0.15, -0.1) is 0 Å². The summed E-state index contributed by atoms with van der Waals surface area (Å²) in [5.41, 5.74) is 2.20. The fourth-order valence-corrected chi connectivity index (χ4v) is 4.89. The van der Waals surface area contributed by atoms with E-state index in [2.05, 4.69) is 11.0 Å². The lowest BCUT2D eigenvalue weighted by atomic mass is 10.1. The molecule has 0 aliphatic carbocycles. The molecule has 3 aromatic rings. The van der Waals surface area contributed by atoms with Crippen molar-refractivity contribution in [3.63, 3.8) is 0 Å². The van der Waals surface area contributed by atoms with E-state index in [1.807, 2.05) is 18.2 Å². The van der Waals surface area contributed by atoms with E-state index in [4.69, 9.17) is 14.5 Å². The van der Waals surface area contributed by atoms with E-state index in [1.165, 1.54) is 12.1 Å². The van der Waals surface area contributed by atoms with E-state index in [9.17, 15) is 9.18 Å². The van der Waals surface area contributed by atoms with E-state index >= 15 is 0 Å². The summed E-state index contributed by atoms with van der Waals surface area (Å²) in [6, 6.07) is 13.9. The first-order valence-electron chi connectivity index (χ1n) is 12.0. The van der Waals surface area contributed by atoms with E-state index in [0.717, 1.165) is 66.8 Å². The monoisotopic (exact) mass is 463 g/mol. The van der Waals surface area contributed by atoms with Crippen molar-refractivity contribution in [2.75, 3.05) is 38.3 Å². The highest BCUT2D eigenvalue weighted by atomic mass is 19.1. The van der Waals surface area contributed by atoms with Crippen LogP contribution < -0.4 is 9.64 Å². The van der Waals surface area contributed by atoms with Crippen molar-refractivity contribution in [3.8, 4) is 5.75 Å². The van der Waals surface area contributed by atoms with Gasteiger partial charge in [0.15, 0.2) is 0 Å². The molecular weight excluding hydrogens is 433 g/mol. The second-order valence-electron chi connectivity index (χ2n) is 9.05. The third kappa shape index (κ3) is 4.85. The third-order valence-electron chi connectivity index (χ3n) is 6.65. The minimum Gasteiger partial charge on any atom is -0.497 e. The van der Waals surface area contributed by atoms with Crippen LogP contribution in [0.15, 0.2) is 48.5 Å². The zero-order valence-corrected chi connectivity index (χ0v) is 19.5. The first-order valence-corrected chi connectivity index (χ1v) is 12.0. The Morgan fingerprint density at radius 2 is 2.03 bits per heavy atom. The molecule has 2 saturated heterocycles. The van der Waals surface area contributed by atoms with Crippen LogP contribution in [0.2, 0.25) is 0 Å². The van der Waals surface area contributed by atoms with Gasteiger partial charge in [-0.1, -0.05) is 6.07 Å². The Kier molecular flexibility index (Phi) is 6.63. The molecule has 178 valence electrons. The molecule has 34 heavy (non-hydrogen) atoms.